The molecule has 0 saturated carbocycles. The number of piperidine rings is 1. The van der Waals surface area contributed by atoms with Crippen LogP contribution in [0.2, 0.25) is 5.02 Å². The Hall–Kier alpha value is -1.00. The molecule has 1 saturated heterocycles. The van der Waals surface area contributed by atoms with Gasteiger partial charge in [-0.25, -0.2) is 0 Å². The zero-order valence-electron chi connectivity index (χ0n) is 12.5. The molecule has 1 aliphatic rings. The SMILES string of the molecule is CCN(C(=O)c1cc(Cl)cn1C(C)C)C1CCNCC1. The highest BCUT2D eigenvalue weighted by Gasteiger charge is 2.27. The van der Waals surface area contributed by atoms with E-state index >= 15 is 0 Å². The van der Waals surface area contributed by atoms with Crippen LogP contribution in [0.15, 0.2) is 12.3 Å². The van der Waals surface area contributed by atoms with Gasteiger partial charge < -0.3 is 14.8 Å². The predicted octanol–water partition coefficient (Wildman–Crippen LogP) is 2.94. The summed E-state index contributed by atoms with van der Waals surface area (Å²) in [6, 6.07) is 2.35. The van der Waals surface area contributed by atoms with E-state index in [4.69, 9.17) is 11.6 Å². The smallest absolute Gasteiger partial charge is 0.270 e. The zero-order valence-corrected chi connectivity index (χ0v) is 13.3. The van der Waals surface area contributed by atoms with Crippen LogP contribution < -0.4 is 5.32 Å². The van der Waals surface area contributed by atoms with Crippen molar-refractivity contribution >= 4 is 17.5 Å². The zero-order chi connectivity index (χ0) is 14.7. The number of carbonyl (C=O) groups excluding carboxylic acids is 1. The molecule has 0 aromatic carbocycles. The fourth-order valence-electron chi connectivity index (χ4n) is 2.88. The van der Waals surface area contributed by atoms with E-state index in [1.54, 1.807) is 6.07 Å². The molecule has 0 spiro atoms. The summed E-state index contributed by atoms with van der Waals surface area (Å²) in [5, 5.41) is 3.97. The minimum absolute atomic E-state index is 0.0972. The molecule has 0 radical (unpaired) electrons. The number of rotatable bonds is 4. The largest absolute Gasteiger partial charge is 0.339 e. The normalized spacial score (nSPS) is 16.6. The maximum Gasteiger partial charge on any atom is 0.270 e. The topological polar surface area (TPSA) is 37.3 Å². The molecule has 112 valence electrons. The van der Waals surface area contributed by atoms with Gasteiger partial charge in [0.15, 0.2) is 0 Å². The lowest BCUT2D eigenvalue weighted by Gasteiger charge is -2.34. The standard InChI is InChI=1S/C15H24ClN3O/c1-4-18(13-5-7-17-8-6-13)15(20)14-9-12(16)10-19(14)11(2)3/h9-11,13,17H,4-8H2,1-3H3. The van der Waals surface area contributed by atoms with Crippen molar-refractivity contribution in [2.24, 2.45) is 0 Å². The fourth-order valence-corrected chi connectivity index (χ4v) is 3.09. The third-order valence-electron chi connectivity index (χ3n) is 3.94. The van der Waals surface area contributed by atoms with Crippen LogP contribution in [0.25, 0.3) is 0 Å². The molecule has 1 N–H and O–H groups in total. The van der Waals surface area contributed by atoms with Crippen LogP contribution >= 0.6 is 11.6 Å². The quantitative estimate of drug-likeness (QED) is 0.928. The van der Waals surface area contributed by atoms with Gasteiger partial charge in [0, 0.05) is 24.8 Å². The number of nitrogens with one attached hydrogen (secondary N) is 1. The maximum absolute atomic E-state index is 12.8. The van der Waals surface area contributed by atoms with Crippen molar-refractivity contribution in [2.45, 2.75) is 45.7 Å². The third kappa shape index (κ3) is 3.18. The Bertz CT molecular complexity index is 464. The van der Waals surface area contributed by atoms with E-state index in [9.17, 15) is 4.79 Å². The van der Waals surface area contributed by atoms with Crippen molar-refractivity contribution in [2.75, 3.05) is 19.6 Å². The summed E-state index contributed by atoms with van der Waals surface area (Å²) in [4.78, 5) is 14.8. The van der Waals surface area contributed by atoms with Gasteiger partial charge in [-0.15, -0.1) is 0 Å². The second kappa shape index (κ2) is 6.64. The van der Waals surface area contributed by atoms with Crippen LogP contribution in [0, 0.1) is 0 Å². The first-order valence-corrected chi connectivity index (χ1v) is 7.81. The van der Waals surface area contributed by atoms with Crippen molar-refractivity contribution in [1.29, 1.82) is 0 Å². The number of carbonyl (C=O) groups is 1. The van der Waals surface area contributed by atoms with Crippen LogP contribution in [0.1, 0.15) is 50.1 Å². The highest BCUT2D eigenvalue weighted by atomic mass is 35.5. The lowest BCUT2D eigenvalue weighted by atomic mass is 10.0. The number of nitrogens with zero attached hydrogens (tertiary/aromatic N) is 2. The Balaban J connectivity index is 2.23. The fraction of sp³-hybridized carbons (Fsp3) is 0.667. The van der Waals surface area contributed by atoms with Gasteiger partial charge in [-0.3, -0.25) is 4.79 Å². The van der Waals surface area contributed by atoms with Crippen LogP contribution in [-0.2, 0) is 0 Å². The van der Waals surface area contributed by atoms with Gasteiger partial charge in [-0.2, -0.15) is 0 Å². The van der Waals surface area contributed by atoms with E-state index in [0.717, 1.165) is 32.5 Å². The maximum atomic E-state index is 12.8. The highest BCUT2D eigenvalue weighted by Crippen LogP contribution is 2.22. The number of aromatic nitrogens is 1. The summed E-state index contributed by atoms with van der Waals surface area (Å²) in [7, 11) is 0. The Kier molecular flexibility index (Phi) is 5.11. The Morgan fingerprint density at radius 2 is 2.15 bits per heavy atom. The Morgan fingerprint density at radius 1 is 1.50 bits per heavy atom. The van der Waals surface area contributed by atoms with Crippen LogP contribution in [0.5, 0.6) is 0 Å². The van der Waals surface area contributed by atoms with Crippen molar-refractivity contribution in [1.82, 2.24) is 14.8 Å². The van der Waals surface area contributed by atoms with E-state index in [2.05, 4.69) is 19.2 Å². The molecule has 0 aliphatic carbocycles. The lowest BCUT2D eigenvalue weighted by Crippen LogP contribution is -2.46. The highest BCUT2D eigenvalue weighted by molar-refractivity contribution is 6.31. The van der Waals surface area contributed by atoms with Gasteiger partial charge in [0.1, 0.15) is 5.69 Å². The van der Waals surface area contributed by atoms with Crippen molar-refractivity contribution in [3.05, 3.63) is 23.0 Å². The van der Waals surface area contributed by atoms with Crippen LogP contribution in [-0.4, -0.2) is 41.1 Å². The lowest BCUT2D eigenvalue weighted by molar-refractivity contribution is 0.0643. The van der Waals surface area contributed by atoms with E-state index in [-0.39, 0.29) is 11.9 Å². The molecule has 1 aromatic rings. The molecule has 1 fully saturated rings. The van der Waals surface area contributed by atoms with Crippen LogP contribution in [0.4, 0.5) is 0 Å². The molecule has 2 heterocycles. The molecule has 1 aromatic heterocycles. The Morgan fingerprint density at radius 3 is 2.70 bits per heavy atom. The Labute approximate surface area is 126 Å². The van der Waals surface area contributed by atoms with Gasteiger partial charge in [-0.1, -0.05) is 11.6 Å². The van der Waals surface area contributed by atoms with Crippen molar-refractivity contribution in [3.8, 4) is 0 Å². The van der Waals surface area contributed by atoms with E-state index in [1.807, 2.05) is 22.6 Å². The number of halogens is 1. The van der Waals surface area contributed by atoms with Gasteiger partial charge in [0.25, 0.3) is 5.91 Å². The van der Waals surface area contributed by atoms with Gasteiger partial charge in [-0.05, 0) is 52.8 Å². The minimum Gasteiger partial charge on any atom is -0.339 e. The van der Waals surface area contributed by atoms with E-state index in [1.165, 1.54) is 0 Å². The summed E-state index contributed by atoms with van der Waals surface area (Å²) < 4.78 is 1.97. The van der Waals surface area contributed by atoms with Crippen molar-refractivity contribution in [3.63, 3.8) is 0 Å². The van der Waals surface area contributed by atoms with Gasteiger partial charge >= 0.3 is 0 Å². The summed E-state index contributed by atoms with van der Waals surface area (Å²) in [5.41, 5.74) is 0.699. The number of hydrogen-bond acceptors (Lipinski definition) is 2. The molecule has 1 amide bonds. The van der Waals surface area contributed by atoms with Crippen molar-refractivity contribution < 1.29 is 4.79 Å². The summed E-state index contributed by atoms with van der Waals surface area (Å²) in [6.07, 6.45) is 3.89. The molecule has 20 heavy (non-hydrogen) atoms. The molecular weight excluding hydrogens is 274 g/mol. The first-order chi connectivity index (χ1) is 9.54. The van der Waals surface area contributed by atoms with Crippen LogP contribution in [0.3, 0.4) is 0 Å². The molecule has 5 heteroatoms. The second-order valence-electron chi connectivity index (χ2n) is 5.62. The molecule has 0 atom stereocenters. The number of hydrogen-bond donors (Lipinski definition) is 1. The molecule has 0 unspecified atom stereocenters. The molecule has 2 rings (SSSR count). The van der Waals surface area contributed by atoms with Gasteiger partial charge in [0.2, 0.25) is 0 Å². The predicted molar refractivity (Wildman–Crippen MR) is 82.4 cm³/mol. The monoisotopic (exact) mass is 297 g/mol. The summed E-state index contributed by atoms with van der Waals surface area (Å²) >= 11 is 6.09. The molecule has 4 nitrogen and oxygen atoms in total. The first kappa shape index (κ1) is 15.4. The molecular formula is C15H24ClN3O. The summed E-state index contributed by atoms with van der Waals surface area (Å²) in [5.74, 6) is 0.0972. The second-order valence-corrected chi connectivity index (χ2v) is 6.05. The van der Waals surface area contributed by atoms with E-state index < -0.39 is 0 Å². The molecule has 1 aliphatic heterocycles. The minimum atomic E-state index is 0.0972. The van der Waals surface area contributed by atoms with E-state index in [0.29, 0.717) is 16.8 Å². The number of amides is 1. The van der Waals surface area contributed by atoms with Gasteiger partial charge in [0.05, 0.1) is 5.02 Å². The average molecular weight is 298 g/mol. The first-order valence-electron chi connectivity index (χ1n) is 7.43. The summed E-state index contributed by atoms with van der Waals surface area (Å²) in [6.45, 7) is 8.89. The molecule has 0 bridgehead atoms. The average Bonchev–Trinajstić information content (AvgIpc) is 2.83. The third-order valence-corrected chi connectivity index (χ3v) is 4.15.